The van der Waals surface area contributed by atoms with Crippen LogP contribution >= 0.6 is 0 Å². The van der Waals surface area contributed by atoms with Crippen molar-refractivity contribution in [2.45, 2.75) is 44.7 Å². The normalized spacial score (nSPS) is 18.4. The van der Waals surface area contributed by atoms with E-state index in [-0.39, 0.29) is 29.3 Å². The summed E-state index contributed by atoms with van der Waals surface area (Å²) in [6.07, 6.45) is 4.21. The first-order valence-electron chi connectivity index (χ1n) is 9.29. The lowest BCUT2D eigenvalue weighted by atomic mass is 9.98. The van der Waals surface area contributed by atoms with Crippen LogP contribution in [0.2, 0.25) is 0 Å². The fourth-order valence-electron chi connectivity index (χ4n) is 3.24. The monoisotopic (exact) mass is 408 g/mol. The van der Waals surface area contributed by atoms with Gasteiger partial charge in [0.25, 0.3) is 10.0 Å². The lowest BCUT2D eigenvalue weighted by Crippen LogP contribution is -2.43. The number of sulfonamides is 1. The van der Waals surface area contributed by atoms with Crippen molar-refractivity contribution in [1.29, 1.82) is 0 Å². The Bertz CT molecular complexity index is 971. The van der Waals surface area contributed by atoms with Crippen molar-refractivity contribution in [2.24, 2.45) is 5.92 Å². The highest BCUT2D eigenvalue weighted by molar-refractivity contribution is 7.89. The second-order valence-electron chi connectivity index (χ2n) is 7.40. The molecule has 3 rings (SSSR count). The molecule has 0 bridgehead atoms. The van der Waals surface area contributed by atoms with Crippen LogP contribution in [0.4, 0.5) is 10.1 Å². The average Bonchev–Trinajstić information content (AvgIpc) is 3.15. The van der Waals surface area contributed by atoms with Crippen LogP contribution in [0.25, 0.3) is 0 Å². The van der Waals surface area contributed by atoms with Crippen molar-refractivity contribution in [3.63, 3.8) is 0 Å². The highest BCUT2D eigenvalue weighted by Gasteiger charge is 2.34. The first-order chi connectivity index (χ1) is 13.2. The lowest BCUT2D eigenvalue weighted by molar-refractivity contribution is -0.120. The van der Waals surface area contributed by atoms with Crippen LogP contribution in [-0.2, 0) is 14.8 Å². The van der Waals surface area contributed by atoms with Gasteiger partial charge in [0.2, 0.25) is 5.91 Å². The number of aryl methyl sites for hydroxylation is 1. The molecule has 1 atom stereocenters. The number of halogens is 1. The number of aromatic nitrogens is 2. The molecule has 2 aromatic rings. The molecule has 1 aromatic heterocycles. The van der Waals surface area contributed by atoms with E-state index in [0.29, 0.717) is 30.6 Å². The van der Waals surface area contributed by atoms with Crippen molar-refractivity contribution in [2.75, 3.05) is 18.4 Å². The van der Waals surface area contributed by atoms with Crippen molar-refractivity contribution < 1.29 is 17.6 Å². The Morgan fingerprint density at radius 3 is 2.75 bits per heavy atom. The van der Waals surface area contributed by atoms with Crippen LogP contribution < -0.4 is 5.32 Å². The summed E-state index contributed by atoms with van der Waals surface area (Å²) >= 11 is 0. The Morgan fingerprint density at radius 1 is 1.36 bits per heavy atom. The summed E-state index contributed by atoms with van der Waals surface area (Å²) in [4.78, 5) is 16.7. The van der Waals surface area contributed by atoms with Crippen LogP contribution in [-0.4, -0.2) is 41.3 Å². The fraction of sp³-hybridized carbons (Fsp3) is 0.474. The Hall–Kier alpha value is -2.26. The van der Waals surface area contributed by atoms with Gasteiger partial charge in [0.05, 0.1) is 12.2 Å². The van der Waals surface area contributed by atoms with Gasteiger partial charge in [-0.3, -0.25) is 4.79 Å². The van der Waals surface area contributed by atoms with E-state index in [9.17, 15) is 17.6 Å². The summed E-state index contributed by atoms with van der Waals surface area (Å²) < 4.78 is 42.1. The number of anilines is 1. The van der Waals surface area contributed by atoms with Crippen LogP contribution in [0.3, 0.4) is 0 Å². The molecule has 0 saturated carbocycles. The number of hydrogen-bond acceptors (Lipinski definition) is 4. The van der Waals surface area contributed by atoms with Gasteiger partial charge in [-0.1, -0.05) is 0 Å². The molecule has 1 saturated heterocycles. The van der Waals surface area contributed by atoms with Crippen LogP contribution in [0.15, 0.2) is 35.7 Å². The quantitative estimate of drug-likeness (QED) is 0.824. The Morgan fingerprint density at radius 2 is 2.11 bits per heavy atom. The van der Waals surface area contributed by atoms with Gasteiger partial charge in [0.15, 0.2) is 5.03 Å². The number of imidazole rings is 1. The highest BCUT2D eigenvalue weighted by atomic mass is 32.2. The molecule has 28 heavy (non-hydrogen) atoms. The second-order valence-corrected chi connectivity index (χ2v) is 9.29. The number of piperidine rings is 1. The predicted molar refractivity (Wildman–Crippen MR) is 104 cm³/mol. The minimum atomic E-state index is -3.76. The van der Waals surface area contributed by atoms with Gasteiger partial charge in [-0.05, 0) is 57.4 Å². The maximum Gasteiger partial charge on any atom is 0.262 e. The summed E-state index contributed by atoms with van der Waals surface area (Å²) in [6, 6.07) is 4.25. The van der Waals surface area contributed by atoms with Crippen molar-refractivity contribution >= 4 is 21.6 Å². The lowest BCUT2D eigenvalue weighted by Gasteiger charge is -2.30. The molecule has 1 unspecified atom stereocenters. The van der Waals surface area contributed by atoms with Gasteiger partial charge < -0.3 is 9.88 Å². The molecule has 1 aliphatic rings. The molecule has 1 aliphatic heterocycles. The molecule has 7 nitrogen and oxygen atoms in total. The maximum absolute atomic E-state index is 13.2. The number of nitrogens with zero attached hydrogens (tertiary/aromatic N) is 3. The highest BCUT2D eigenvalue weighted by Crippen LogP contribution is 2.25. The number of hydrogen-bond donors (Lipinski definition) is 1. The van der Waals surface area contributed by atoms with Crippen molar-refractivity contribution in [1.82, 2.24) is 13.9 Å². The number of carbonyl (C=O) groups is 1. The van der Waals surface area contributed by atoms with Gasteiger partial charge >= 0.3 is 0 Å². The SMILES string of the molecule is Cc1cc(F)ccc1NC(=O)C1CCCN(S(=O)(=O)c2cn(C(C)C)cn2)C1. The molecule has 1 aromatic carbocycles. The van der Waals surface area contributed by atoms with E-state index < -0.39 is 15.9 Å². The fourth-order valence-corrected chi connectivity index (χ4v) is 4.69. The third-order valence-electron chi connectivity index (χ3n) is 4.98. The molecule has 2 heterocycles. The van der Waals surface area contributed by atoms with Crippen LogP contribution in [0.1, 0.15) is 38.3 Å². The molecule has 0 aliphatic carbocycles. The Balaban J connectivity index is 1.72. The van der Waals surface area contributed by atoms with E-state index in [2.05, 4.69) is 10.3 Å². The largest absolute Gasteiger partial charge is 0.334 e. The minimum Gasteiger partial charge on any atom is -0.334 e. The van der Waals surface area contributed by atoms with E-state index in [0.717, 1.165) is 0 Å². The number of benzene rings is 1. The van der Waals surface area contributed by atoms with E-state index >= 15 is 0 Å². The van der Waals surface area contributed by atoms with Gasteiger partial charge in [-0.15, -0.1) is 0 Å². The zero-order chi connectivity index (χ0) is 20.5. The van der Waals surface area contributed by atoms with E-state index in [4.69, 9.17) is 0 Å². The third-order valence-corrected chi connectivity index (χ3v) is 6.73. The Labute approximate surface area is 164 Å². The predicted octanol–water partition coefficient (Wildman–Crippen LogP) is 2.95. The van der Waals surface area contributed by atoms with Gasteiger partial charge in [0, 0.05) is 31.0 Å². The van der Waals surface area contributed by atoms with Gasteiger partial charge in [-0.2, -0.15) is 4.31 Å². The van der Waals surface area contributed by atoms with Crippen molar-refractivity contribution in [3.8, 4) is 0 Å². The molecule has 9 heteroatoms. The molecule has 0 radical (unpaired) electrons. The third kappa shape index (κ3) is 4.25. The second kappa shape index (κ2) is 8.00. The van der Waals surface area contributed by atoms with E-state index in [1.54, 1.807) is 11.5 Å². The van der Waals surface area contributed by atoms with Crippen LogP contribution in [0, 0.1) is 18.7 Å². The number of rotatable bonds is 5. The van der Waals surface area contributed by atoms with Gasteiger partial charge in [-0.25, -0.2) is 17.8 Å². The topological polar surface area (TPSA) is 84.3 Å². The molecule has 1 amide bonds. The number of carbonyl (C=O) groups excluding carboxylic acids is 1. The summed E-state index contributed by atoms with van der Waals surface area (Å²) in [7, 11) is -3.76. The zero-order valence-electron chi connectivity index (χ0n) is 16.2. The molecule has 0 spiro atoms. The van der Waals surface area contributed by atoms with Crippen molar-refractivity contribution in [3.05, 3.63) is 42.1 Å². The summed E-state index contributed by atoms with van der Waals surface area (Å²) in [5, 5.41) is 2.79. The standard InChI is InChI=1S/C19H25FN4O3S/c1-13(2)23-11-18(21-12-23)28(26,27)24-8-4-5-15(10-24)19(25)22-17-7-6-16(20)9-14(17)3/h6-7,9,11-13,15H,4-5,8,10H2,1-3H3,(H,22,25). The van der Waals surface area contributed by atoms with E-state index in [1.165, 1.54) is 35.0 Å². The smallest absolute Gasteiger partial charge is 0.262 e. The molecule has 1 fully saturated rings. The molecule has 1 N–H and O–H groups in total. The van der Waals surface area contributed by atoms with E-state index in [1.807, 2.05) is 13.8 Å². The maximum atomic E-state index is 13.2. The summed E-state index contributed by atoms with van der Waals surface area (Å²) in [5.74, 6) is -1.10. The van der Waals surface area contributed by atoms with Crippen LogP contribution in [0.5, 0.6) is 0 Å². The molecular formula is C19H25FN4O3S. The first kappa shape index (κ1) is 20.5. The van der Waals surface area contributed by atoms with Gasteiger partial charge in [0.1, 0.15) is 5.82 Å². The first-order valence-corrected chi connectivity index (χ1v) is 10.7. The number of amides is 1. The average molecular weight is 408 g/mol. The number of nitrogens with one attached hydrogen (secondary N) is 1. The summed E-state index contributed by atoms with van der Waals surface area (Å²) in [6.45, 7) is 6.05. The molecular weight excluding hydrogens is 383 g/mol. The Kier molecular flexibility index (Phi) is 5.85. The minimum absolute atomic E-state index is 0.00311. The molecule has 152 valence electrons. The zero-order valence-corrected chi connectivity index (χ0v) is 17.0. The summed E-state index contributed by atoms with van der Waals surface area (Å²) in [5.41, 5.74) is 1.15.